The molecule has 0 radical (unpaired) electrons. The molecule has 3 aromatic rings. The van der Waals surface area contributed by atoms with Crippen LogP contribution in [0, 0.1) is 5.82 Å². The molecule has 0 aliphatic rings. The zero-order valence-corrected chi connectivity index (χ0v) is 16.3. The van der Waals surface area contributed by atoms with Crippen LogP contribution in [0.25, 0.3) is 0 Å². The molecule has 8 heteroatoms. The van der Waals surface area contributed by atoms with Gasteiger partial charge in [0.05, 0.1) is 16.5 Å². The number of halogens is 2. The molecule has 0 fully saturated rings. The fraction of sp³-hybridized carbons (Fsp3) is 0.100. The maximum absolute atomic E-state index is 13.2. The molecular weight excluding hydrogens is 403 g/mol. The van der Waals surface area contributed by atoms with Crippen LogP contribution in [0.3, 0.4) is 0 Å². The number of hydrogen-bond donors (Lipinski definition) is 2. The van der Waals surface area contributed by atoms with Crippen molar-refractivity contribution >= 4 is 46.6 Å². The lowest BCUT2D eigenvalue weighted by atomic mass is 10.3. The van der Waals surface area contributed by atoms with Crippen molar-refractivity contribution < 1.29 is 18.4 Å². The highest BCUT2D eigenvalue weighted by atomic mass is 35.5. The Balaban J connectivity index is 1.61. The highest BCUT2D eigenvalue weighted by Gasteiger charge is 2.16. The summed E-state index contributed by atoms with van der Waals surface area (Å²) in [6, 6.07) is 14.3. The van der Waals surface area contributed by atoms with Gasteiger partial charge in [-0.25, -0.2) is 4.39 Å². The zero-order valence-electron chi connectivity index (χ0n) is 14.7. The molecule has 2 amide bonds. The van der Waals surface area contributed by atoms with Crippen LogP contribution in [0.4, 0.5) is 15.8 Å². The predicted octanol–water partition coefficient (Wildman–Crippen LogP) is 5.44. The first-order valence-electron chi connectivity index (χ1n) is 8.30. The van der Waals surface area contributed by atoms with E-state index >= 15 is 0 Å². The Morgan fingerprint density at radius 2 is 1.86 bits per heavy atom. The van der Waals surface area contributed by atoms with Crippen molar-refractivity contribution in [3.63, 3.8) is 0 Å². The van der Waals surface area contributed by atoms with Crippen LogP contribution < -0.4 is 10.6 Å². The first-order valence-corrected chi connectivity index (χ1v) is 9.55. The molecule has 1 unspecified atom stereocenters. The molecule has 1 heterocycles. The molecule has 144 valence electrons. The summed E-state index contributed by atoms with van der Waals surface area (Å²) in [7, 11) is 0. The minimum absolute atomic E-state index is 0.0573. The number of rotatable bonds is 6. The number of hydrogen-bond acceptors (Lipinski definition) is 4. The van der Waals surface area contributed by atoms with Crippen molar-refractivity contribution in [2.75, 3.05) is 10.6 Å². The summed E-state index contributed by atoms with van der Waals surface area (Å²) in [5.41, 5.74) is 1.01. The Morgan fingerprint density at radius 3 is 2.57 bits per heavy atom. The average molecular weight is 419 g/mol. The molecule has 0 saturated carbocycles. The number of benzene rings is 2. The van der Waals surface area contributed by atoms with Crippen LogP contribution in [0.2, 0.25) is 5.02 Å². The van der Waals surface area contributed by atoms with E-state index in [0.29, 0.717) is 11.4 Å². The fourth-order valence-electron chi connectivity index (χ4n) is 2.32. The number of amides is 2. The van der Waals surface area contributed by atoms with Crippen LogP contribution in [0.1, 0.15) is 17.5 Å². The molecule has 0 bridgehead atoms. The second-order valence-corrected chi connectivity index (χ2v) is 7.66. The number of nitrogens with one attached hydrogen (secondary N) is 2. The highest BCUT2D eigenvalue weighted by Crippen LogP contribution is 2.27. The van der Waals surface area contributed by atoms with E-state index in [9.17, 15) is 14.0 Å². The second-order valence-electron chi connectivity index (χ2n) is 5.84. The van der Waals surface area contributed by atoms with Gasteiger partial charge in [0.15, 0.2) is 5.76 Å². The Labute approximate surface area is 170 Å². The van der Waals surface area contributed by atoms with E-state index in [0.717, 1.165) is 4.90 Å². The molecule has 28 heavy (non-hydrogen) atoms. The molecule has 0 saturated heterocycles. The van der Waals surface area contributed by atoms with Crippen molar-refractivity contribution in [1.29, 1.82) is 0 Å². The number of carbonyl (C=O) groups excluding carboxylic acids is 2. The summed E-state index contributed by atoms with van der Waals surface area (Å²) in [6.07, 6.45) is 1.43. The van der Waals surface area contributed by atoms with Gasteiger partial charge in [0.2, 0.25) is 5.91 Å². The maximum Gasteiger partial charge on any atom is 0.291 e. The number of furan rings is 1. The van der Waals surface area contributed by atoms with Gasteiger partial charge in [-0.3, -0.25) is 9.59 Å². The summed E-state index contributed by atoms with van der Waals surface area (Å²) in [4.78, 5) is 25.2. The summed E-state index contributed by atoms with van der Waals surface area (Å²) >= 11 is 7.05. The first-order chi connectivity index (χ1) is 13.4. The van der Waals surface area contributed by atoms with E-state index in [1.807, 2.05) is 6.07 Å². The van der Waals surface area contributed by atoms with E-state index in [-0.39, 0.29) is 22.6 Å². The summed E-state index contributed by atoms with van der Waals surface area (Å²) in [5, 5.41) is 4.96. The lowest BCUT2D eigenvalue weighted by Gasteiger charge is -2.13. The largest absolute Gasteiger partial charge is 0.459 e. The van der Waals surface area contributed by atoms with Gasteiger partial charge < -0.3 is 15.1 Å². The van der Waals surface area contributed by atoms with Gasteiger partial charge in [-0.1, -0.05) is 17.7 Å². The van der Waals surface area contributed by atoms with Gasteiger partial charge in [-0.15, -0.1) is 11.8 Å². The molecule has 1 atom stereocenters. The molecule has 1 aromatic heterocycles. The third-order valence-electron chi connectivity index (χ3n) is 3.71. The highest BCUT2D eigenvalue weighted by molar-refractivity contribution is 8.00. The SMILES string of the molecule is CC(Sc1cccc(NC(=O)c2ccco2)c1)C(=O)Nc1ccc(F)c(Cl)c1. The molecule has 3 rings (SSSR count). The minimum atomic E-state index is -0.546. The van der Waals surface area contributed by atoms with E-state index < -0.39 is 11.1 Å². The fourth-order valence-corrected chi connectivity index (χ4v) is 3.43. The standard InChI is InChI=1S/C20H16ClFN2O3S/c1-12(19(25)23-14-7-8-17(22)16(21)11-14)28-15-5-2-4-13(10-15)24-20(26)18-6-3-9-27-18/h2-12H,1H3,(H,23,25)(H,24,26). The van der Waals surface area contributed by atoms with Crippen molar-refractivity contribution in [2.24, 2.45) is 0 Å². The van der Waals surface area contributed by atoms with Gasteiger partial charge >= 0.3 is 0 Å². The van der Waals surface area contributed by atoms with Gasteiger partial charge in [0, 0.05) is 16.3 Å². The van der Waals surface area contributed by atoms with Crippen molar-refractivity contribution in [1.82, 2.24) is 0 Å². The number of anilines is 2. The van der Waals surface area contributed by atoms with Crippen molar-refractivity contribution in [2.45, 2.75) is 17.1 Å². The monoisotopic (exact) mass is 418 g/mol. The van der Waals surface area contributed by atoms with Gasteiger partial charge in [-0.05, 0) is 55.5 Å². The maximum atomic E-state index is 13.2. The van der Waals surface area contributed by atoms with Crippen LogP contribution >= 0.6 is 23.4 Å². The smallest absolute Gasteiger partial charge is 0.291 e. The molecule has 0 aliphatic heterocycles. The average Bonchev–Trinajstić information content (AvgIpc) is 3.20. The third kappa shape index (κ3) is 5.15. The third-order valence-corrected chi connectivity index (χ3v) is 5.09. The van der Waals surface area contributed by atoms with E-state index in [4.69, 9.17) is 16.0 Å². The van der Waals surface area contributed by atoms with E-state index in [1.54, 1.807) is 37.3 Å². The Morgan fingerprint density at radius 1 is 1.07 bits per heavy atom. The van der Waals surface area contributed by atoms with Gasteiger partial charge in [-0.2, -0.15) is 0 Å². The van der Waals surface area contributed by atoms with Crippen LogP contribution in [-0.4, -0.2) is 17.1 Å². The normalized spacial score (nSPS) is 11.7. The van der Waals surface area contributed by atoms with Gasteiger partial charge in [0.25, 0.3) is 5.91 Å². The Bertz CT molecular complexity index is 995. The molecule has 5 nitrogen and oxygen atoms in total. The lowest BCUT2D eigenvalue weighted by Crippen LogP contribution is -2.22. The van der Waals surface area contributed by atoms with Crippen molar-refractivity contribution in [3.8, 4) is 0 Å². The van der Waals surface area contributed by atoms with Crippen LogP contribution in [-0.2, 0) is 4.79 Å². The van der Waals surface area contributed by atoms with E-state index in [1.165, 1.54) is 36.2 Å². The summed E-state index contributed by atoms with van der Waals surface area (Å²) < 4.78 is 18.3. The molecule has 0 aliphatic carbocycles. The first kappa shape index (κ1) is 20.0. The van der Waals surface area contributed by atoms with Gasteiger partial charge in [0.1, 0.15) is 5.82 Å². The van der Waals surface area contributed by atoms with E-state index in [2.05, 4.69) is 10.6 Å². The quantitative estimate of drug-likeness (QED) is 0.522. The minimum Gasteiger partial charge on any atom is -0.459 e. The van der Waals surface area contributed by atoms with Crippen LogP contribution in [0.15, 0.2) is 70.2 Å². The number of thioether (sulfide) groups is 1. The predicted molar refractivity (Wildman–Crippen MR) is 108 cm³/mol. The Hall–Kier alpha value is -2.77. The Kier molecular flexibility index (Phi) is 6.38. The van der Waals surface area contributed by atoms with Crippen molar-refractivity contribution in [3.05, 3.63) is 77.5 Å². The second kappa shape index (κ2) is 8.95. The summed E-state index contributed by atoms with van der Waals surface area (Å²) in [5.74, 6) is -0.942. The summed E-state index contributed by atoms with van der Waals surface area (Å²) in [6.45, 7) is 1.75. The molecular formula is C20H16ClFN2O3S. The lowest BCUT2D eigenvalue weighted by molar-refractivity contribution is -0.115. The topological polar surface area (TPSA) is 71.3 Å². The molecule has 2 N–H and O–H groups in total. The van der Waals surface area contributed by atoms with Crippen LogP contribution in [0.5, 0.6) is 0 Å². The molecule has 0 spiro atoms. The number of carbonyl (C=O) groups is 2. The zero-order chi connectivity index (χ0) is 20.1. The molecule has 2 aromatic carbocycles.